The van der Waals surface area contributed by atoms with Gasteiger partial charge in [-0.05, 0) is 128 Å². The molecule has 0 spiro atoms. The predicted octanol–water partition coefficient (Wildman–Crippen LogP) is 14.8. The minimum Gasteiger partial charge on any atom is -0.0616 e. The van der Waals surface area contributed by atoms with Gasteiger partial charge in [-0.25, -0.2) is 0 Å². The van der Waals surface area contributed by atoms with Crippen molar-refractivity contribution in [3.63, 3.8) is 0 Å². The Morgan fingerprint density at radius 1 is 0.283 bits per heavy atom. The van der Waals surface area contributed by atoms with E-state index >= 15 is 0 Å². The van der Waals surface area contributed by atoms with Gasteiger partial charge in [-0.15, -0.1) is 0 Å². The molecule has 0 atom stereocenters. The van der Waals surface area contributed by atoms with Crippen LogP contribution in [0.4, 0.5) is 0 Å². The Kier molecular flexibility index (Phi) is 6.40. The second-order valence-electron chi connectivity index (χ2n) is 15.2. The fourth-order valence-corrected chi connectivity index (χ4v) is 9.43. The molecule has 0 amide bonds. The number of hydrogen-bond donors (Lipinski definition) is 0. The zero-order valence-electron chi connectivity index (χ0n) is 29.8. The van der Waals surface area contributed by atoms with Gasteiger partial charge in [0.2, 0.25) is 0 Å². The Labute approximate surface area is 309 Å². The van der Waals surface area contributed by atoms with Crippen molar-refractivity contribution in [3.05, 3.63) is 193 Å². The lowest BCUT2D eigenvalue weighted by Gasteiger charge is -2.23. The Balaban J connectivity index is 1.14. The maximum Gasteiger partial charge on any atom is 0.0159 e. The topological polar surface area (TPSA) is 0 Å². The van der Waals surface area contributed by atoms with Crippen LogP contribution >= 0.6 is 0 Å². The first-order chi connectivity index (χ1) is 26.0. The summed E-state index contributed by atoms with van der Waals surface area (Å²) < 4.78 is 0. The van der Waals surface area contributed by atoms with Crippen LogP contribution in [0.15, 0.2) is 182 Å². The highest BCUT2D eigenvalue weighted by Crippen LogP contribution is 2.54. The Morgan fingerprint density at radius 3 is 1.43 bits per heavy atom. The number of rotatable bonds is 3. The molecule has 0 bridgehead atoms. The molecule has 0 saturated carbocycles. The minimum absolute atomic E-state index is 0.122. The first-order valence-electron chi connectivity index (χ1n) is 18.7. The molecule has 11 rings (SSSR count). The van der Waals surface area contributed by atoms with Gasteiger partial charge in [0.15, 0.2) is 0 Å². The van der Waals surface area contributed by atoms with E-state index in [2.05, 4.69) is 196 Å². The quantitative estimate of drug-likeness (QED) is 0.164. The van der Waals surface area contributed by atoms with E-state index in [-0.39, 0.29) is 5.41 Å². The molecule has 0 aliphatic heterocycles. The highest BCUT2D eigenvalue weighted by Gasteiger charge is 2.37. The van der Waals surface area contributed by atoms with Gasteiger partial charge in [-0.1, -0.05) is 178 Å². The maximum absolute atomic E-state index is 2.45. The second-order valence-corrected chi connectivity index (χ2v) is 15.2. The van der Waals surface area contributed by atoms with Gasteiger partial charge in [0, 0.05) is 5.41 Å². The first kappa shape index (κ1) is 30.2. The zero-order chi connectivity index (χ0) is 35.3. The first-order valence-corrected chi connectivity index (χ1v) is 18.7. The molecule has 0 nitrogen and oxygen atoms in total. The van der Waals surface area contributed by atoms with Crippen LogP contribution in [-0.2, 0) is 5.41 Å². The molecule has 0 radical (unpaired) electrons. The number of benzene rings is 10. The van der Waals surface area contributed by atoms with E-state index in [1.165, 1.54) is 109 Å². The highest BCUT2D eigenvalue weighted by atomic mass is 14.4. The molecule has 0 saturated heterocycles. The van der Waals surface area contributed by atoms with E-state index in [4.69, 9.17) is 0 Å². The molecule has 248 valence electrons. The molecular weight excluding hydrogens is 637 g/mol. The van der Waals surface area contributed by atoms with Crippen molar-refractivity contribution >= 4 is 53.9 Å². The lowest BCUT2D eigenvalue weighted by Crippen LogP contribution is -2.15. The standard InChI is InChI=1S/C53H36/c1-53(2)48-29-28-40-41(20-11-21-42(40)52(48)47-27-26-38(32-49(47)53)37-24-22-33-12-3-5-14-35(33)30-37)51-45-18-9-7-16-43(45)50(44-17-8-10-19-46(44)51)39-25-23-34-13-4-6-15-36(34)31-39/h3-32H,1-2H3. The van der Waals surface area contributed by atoms with E-state index in [0.29, 0.717) is 0 Å². The van der Waals surface area contributed by atoms with Crippen molar-refractivity contribution in [1.29, 1.82) is 0 Å². The molecule has 0 heterocycles. The van der Waals surface area contributed by atoms with Crippen molar-refractivity contribution in [1.82, 2.24) is 0 Å². The average Bonchev–Trinajstić information content (AvgIpc) is 3.44. The van der Waals surface area contributed by atoms with Gasteiger partial charge in [0.1, 0.15) is 0 Å². The fraction of sp³-hybridized carbons (Fsp3) is 0.0566. The van der Waals surface area contributed by atoms with Crippen molar-refractivity contribution in [2.45, 2.75) is 19.3 Å². The molecule has 1 aliphatic rings. The van der Waals surface area contributed by atoms with E-state index in [0.717, 1.165) is 0 Å². The van der Waals surface area contributed by atoms with Gasteiger partial charge in [-0.2, -0.15) is 0 Å². The van der Waals surface area contributed by atoms with Crippen LogP contribution in [0.1, 0.15) is 25.0 Å². The van der Waals surface area contributed by atoms with Gasteiger partial charge in [0.05, 0.1) is 0 Å². The summed E-state index contributed by atoms with van der Waals surface area (Å²) in [6, 6.07) is 67.9. The molecule has 0 fully saturated rings. The average molecular weight is 673 g/mol. The normalized spacial score (nSPS) is 13.2. The minimum atomic E-state index is -0.122. The summed E-state index contributed by atoms with van der Waals surface area (Å²) in [6.45, 7) is 4.79. The van der Waals surface area contributed by atoms with Crippen LogP contribution < -0.4 is 0 Å². The number of hydrogen-bond acceptors (Lipinski definition) is 0. The van der Waals surface area contributed by atoms with E-state index in [1.807, 2.05) is 0 Å². The molecule has 0 heteroatoms. The Morgan fingerprint density at radius 2 is 0.774 bits per heavy atom. The third kappa shape index (κ3) is 4.42. The largest absolute Gasteiger partial charge is 0.0616 e. The maximum atomic E-state index is 2.45. The molecule has 53 heavy (non-hydrogen) atoms. The highest BCUT2D eigenvalue weighted by molar-refractivity contribution is 6.24. The van der Waals surface area contributed by atoms with Gasteiger partial charge >= 0.3 is 0 Å². The van der Waals surface area contributed by atoms with Crippen LogP contribution in [0.3, 0.4) is 0 Å². The lowest BCUT2D eigenvalue weighted by atomic mass is 9.80. The van der Waals surface area contributed by atoms with Crippen molar-refractivity contribution in [2.24, 2.45) is 0 Å². The molecule has 0 N–H and O–H groups in total. The SMILES string of the molecule is CC1(C)c2cc(-c3ccc4ccccc4c3)ccc2-c2c1ccc1c(-c3c4ccccc4c(-c4ccc5ccccc5c4)c4ccccc34)cccc21. The van der Waals surface area contributed by atoms with E-state index < -0.39 is 0 Å². The Hall–Kier alpha value is -6.50. The summed E-state index contributed by atoms with van der Waals surface area (Å²) in [5.74, 6) is 0. The van der Waals surface area contributed by atoms with Crippen LogP contribution in [0.25, 0.3) is 98.4 Å². The summed E-state index contributed by atoms with van der Waals surface area (Å²) >= 11 is 0. The summed E-state index contributed by atoms with van der Waals surface area (Å²) in [6.07, 6.45) is 0. The monoisotopic (exact) mass is 672 g/mol. The van der Waals surface area contributed by atoms with E-state index in [9.17, 15) is 0 Å². The predicted molar refractivity (Wildman–Crippen MR) is 228 cm³/mol. The summed E-state index contributed by atoms with van der Waals surface area (Å²) in [5.41, 5.74) is 13.0. The third-order valence-electron chi connectivity index (χ3n) is 12.0. The van der Waals surface area contributed by atoms with Gasteiger partial charge in [0.25, 0.3) is 0 Å². The molecule has 1 aliphatic carbocycles. The summed E-state index contributed by atoms with van der Waals surface area (Å²) in [5, 5.41) is 12.8. The second kappa shape index (κ2) is 11.2. The van der Waals surface area contributed by atoms with Crippen LogP contribution in [0.2, 0.25) is 0 Å². The van der Waals surface area contributed by atoms with Gasteiger partial charge in [-0.3, -0.25) is 0 Å². The molecular formula is C53H36. The third-order valence-corrected chi connectivity index (χ3v) is 12.0. The fourth-order valence-electron chi connectivity index (χ4n) is 9.43. The van der Waals surface area contributed by atoms with Crippen LogP contribution in [0.5, 0.6) is 0 Å². The van der Waals surface area contributed by atoms with Gasteiger partial charge < -0.3 is 0 Å². The summed E-state index contributed by atoms with van der Waals surface area (Å²) in [7, 11) is 0. The lowest BCUT2D eigenvalue weighted by molar-refractivity contribution is 0.661. The summed E-state index contributed by atoms with van der Waals surface area (Å²) in [4.78, 5) is 0. The Bertz CT molecular complexity index is 3080. The smallest absolute Gasteiger partial charge is 0.0159 e. The van der Waals surface area contributed by atoms with Crippen molar-refractivity contribution in [2.75, 3.05) is 0 Å². The van der Waals surface area contributed by atoms with E-state index in [1.54, 1.807) is 0 Å². The van der Waals surface area contributed by atoms with Crippen molar-refractivity contribution < 1.29 is 0 Å². The molecule has 0 unspecified atom stereocenters. The molecule has 0 aromatic heterocycles. The molecule has 10 aromatic carbocycles. The van der Waals surface area contributed by atoms with Crippen molar-refractivity contribution in [3.8, 4) is 44.5 Å². The van der Waals surface area contributed by atoms with Crippen LogP contribution in [0, 0.1) is 0 Å². The molecule has 10 aromatic rings. The number of fused-ring (bicyclic) bond motifs is 9. The zero-order valence-corrected chi connectivity index (χ0v) is 29.8. The van der Waals surface area contributed by atoms with Crippen LogP contribution in [-0.4, -0.2) is 0 Å².